The van der Waals surface area contributed by atoms with Crippen LogP contribution < -0.4 is 0 Å². The van der Waals surface area contributed by atoms with Crippen LogP contribution in [0.4, 0.5) is 0 Å². The Kier molecular flexibility index (Phi) is 7.93. The van der Waals surface area contributed by atoms with Crippen molar-refractivity contribution in [2.75, 3.05) is 26.2 Å². The summed E-state index contributed by atoms with van der Waals surface area (Å²) in [5.74, 6) is 0.830. The SMILES string of the molecule is CCCCCC(c1ccc(C#N)c(C)c1)N1CCN(Cc2cc(-c3ccccc3)on2)CC1. The highest BCUT2D eigenvalue weighted by Crippen LogP contribution is 2.30. The predicted molar refractivity (Wildman–Crippen MR) is 132 cm³/mol. The lowest BCUT2D eigenvalue weighted by molar-refractivity contribution is 0.0852. The van der Waals surface area contributed by atoms with E-state index in [-0.39, 0.29) is 0 Å². The number of nitrogens with zero attached hydrogens (tertiary/aromatic N) is 4. The molecule has 0 amide bonds. The molecule has 1 saturated heterocycles. The molecular weight excluding hydrogens is 408 g/mol. The molecule has 5 heteroatoms. The number of nitriles is 1. The Bertz CT molecular complexity index is 1060. The largest absolute Gasteiger partial charge is 0.356 e. The summed E-state index contributed by atoms with van der Waals surface area (Å²) in [5, 5.41) is 13.6. The topological polar surface area (TPSA) is 56.3 Å². The fraction of sp³-hybridized carbons (Fsp3) is 0.429. The van der Waals surface area contributed by atoms with Gasteiger partial charge in [-0.1, -0.05) is 73.8 Å². The Morgan fingerprint density at radius 1 is 1.03 bits per heavy atom. The van der Waals surface area contributed by atoms with Gasteiger partial charge in [-0.2, -0.15) is 5.26 Å². The molecule has 2 heterocycles. The Morgan fingerprint density at radius 2 is 1.82 bits per heavy atom. The van der Waals surface area contributed by atoms with Gasteiger partial charge in [-0.05, 0) is 30.5 Å². The Balaban J connectivity index is 1.38. The van der Waals surface area contributed by atoms with Crippen LogP contribution in [0.15, 0.2) is 59.1 Å². The van der Waals surface area contributed by atoms with Gasteiger partial charge < -0.3 is 4.52 Å². The van der Waals surface area contributed by atoms with Gasteiger partial charge in [0.2, 0.25) is 0 Å². The van der Waals surface area contributed by atoms with Crippen molar-refractivity contribution < 1.29 is 4.52 Å². The quantitative estimate of drug-likeness (QED) is 0.383. The number of piperazine rings is 1. The van der Waals surface area contributed by atoms with Gasteiger partial charge in [0.1, 0.15) is 0 Å². The molecule has 4 rings (SSSR count). The maximum atomic E-state index is 9.31. The monoisotopic (exact) mass is 442 g/mol. The lowest BCUT2D eigenvalue weighted by Gasteiger charge is -2.39. The average molecular weight is 443 g/mol. The summed E-state index contributed by atoms with van der Waals surface area (Å²) in [6.45, 7) is 9.25. The van der Waals surface area contributed by atoms with Crippen molar-refractivity contribution in [3.8, 4) is 17.4 Å². The zero-order chi connectivity index (χ0) is 23.0. The first kappa shape index (κ1) is 23.2. The molecule has 1 atom stereocenters. The van der Waals surface area contributed by atoms with Crippen molar-refractivity contribution in [3.05, 3.63) is 77.0 Å². The molecule has 1 aromatic heterocycles. The molecule has 5 nitrogen and oxygen atoms in total. The van der Waals surface area contributed by atoms with Crippen LogP contribution in [0.1, 0.15) is 61.0 Å². The highest BCUT2D eigenvalue weighted by atomic mass is 16.5. The van der Waals surface area contributed by atoms with Crippen molar-refractivity contribution in [2.24, 2.45) is 0 Å². The molecular formula is C28H34N4O. The van der Waals surface area contributed by atoms with Gasteiger partial charge in [0.05, 0.1) is 17.3 Å². The van der Waals surface area contributed by atoms with E-state index in [9.17, 15) is 5.26 Å². The second-order valence-corrected chi connectivity index (χ2v) is 9.06. The first-order chi connectivity index (χ1) is 16.2. The predicted octanol–water partition coefficient (Wildman–Crippen LogP) is 5.96. The maximum Gasteiger partial charge on any atom is 0.167 e. The van der Waals surface area contributed by atoms with Gasteiger partial charge >= 0.3 is 0 Å². The van der Waals surface area contributed by atoms with Crippen molar-refractivity contribution in [2.45, 2.75) is 52.1 Å². The zero-order valence-electron chi connectivity index (χ0n) is 19.8. The minimum absolute atomic E-state index is 0.418. The van der Waals surface area contributed by atoms with E-state index in [0.717, 1.165) is 60.9 Å². The van der Waals surface area contributed by atoms with Gasteiger partial charge in [-0.15, -0.1) is 0 Å². The third-order valence-corrected chi connectivity index (χ3v) is 6.69. The Labute approximate surface area is 197 Å². The third-order valence-electron chi connectivity index (χ3n) is 6.69. The van der Waals surface area contributed by atoms with Crippen molar-refractivity contribution in [1.82, 2.24) is 15.0 Å². The fourth-order valence-corrected chi connectivity index (χ4v) is 4.75. The Morgan fingerprint density at radius 3 is 2.52 bits per heavy atom. The van der Waals surface area contributed by atoms with E-state index < -0.39 is 0 Å². The molecule has 0 aliphatic carbocycles. The van der Waals surface area contributed by atoms with E-state index in [1.165, 1.54) is 31.2 Å². The maximum absolute atomic E-state index is 9.31. The van der Waals surface area contributed by atoms with Crippen LogP contribution in [0.2, 0.25) is 0 Å². The van der Waals surface area contributed by atoms with Crippen molar-refractivity contribution in [3.63, 3.8) is 0 Å². The summed E-state index contributed by atoms with van der Waals surface area (Å²) in [6, 6.07) is 21.3. The van der Waals surface area contributed by atoms with Gasteiger partial charge in [-0.3, -0.25) is 9.80 Å². The number of benzene rings is 2. The van der Waals surface area contributed by atoms with E-state index in [2.05, 4.69) is 46.1 Å². The number of hydrogen-bond acceptors (Lipinski definition) is 5. The lowest BCUT2D eigenvalue weighted by atomic mass is 9.95. The smallest absolute Gasteiger partial charge is 0.167 e. The molecule has 1 unspecified atom stereocenters. The van der Waals surface area contributed by atoms with Gasteiger partial charge in [0.25, 0.3) is 0 Å². The Hall–Kier alpha value is -2.94. The van der Waals surface area contributed by atoms with E-state index in [0.29, 0.717) is 6.04 Å². The molecule has 172 valence electrons. The summed E-state index contributed by atoms with van der Waals surface area (Å²) in [4.78, 5) is 5.10. The number of rotatable bonds is 9. The molecule has 3 aromatic rings. The highest BCUT2D eigenvalue weighted by molar-refractivity contribution is 5.56. The third kappa shape index (κ3) is 5.90. The first-order valence-electron chi connectivity index (χ1n) is 12.2. The van der Waals surface area contributed by atoms with Crippen LogP contribution >= 0.6 is 0 Å². The van der Waals surface area contributed by atoms with Gasteiger partial charge in [0, 0.05) is 50.4 Å². The average Bonchev–Trinajstić information content (AvgIpc) is 3.32. The van der Waals surface area contributed by atoms with Crippen LogP contribution in [0.25, 0.3) is 11.3 Å². The summed E-state index contributed by atoms with van der Waals surface area (Å²) in [7, 11) is 0. The molecule has 1 aliphatic heterocycles. The molecule has 0 bridgehead atoms. The highest BCUT2D eigenvalue weighted by Gasteiger charge is 2.25. The van der Waals surface area contributed by atoms with Crippen LogP contribution in [-0.2, 0) is 6.54 Å². The van der Waals surface area contributed by atoms with Crippen LogP contribution in [0.5, 0.6) is 0 Å². The van der Waals surface area contributed by atoms with Gasteiger partial charge in [0.15, 0.2) is 5.76 Å². The number of aryl methyl sites for hydroxylation is 1. The summed E-state index contributed by atoms with van der Waals surface area (Å²) >= 11 is 0. The molecule has 33 heavy (non-hydrogen) atoms. The van der Waals surface area contributed by atoms with E-state index >= 15 is 0 Å². The standard InChI is InChI=1S/C28H34N4O/c1-3-4-6-11-27(24-12-13-25(20-29)22(2)18-24)32-16-14-31(15-17-32)21-26-19-28(33-30-26)23-9-7-5-8-10-23/h5,7-10,12-13,18-19,27H,3-4,6,11,14-17,21H2,1-2H3. The minimum atomic E-state index is 0.418. The second kappa shape index (κ2) is 11.3. The van der Waals surface area contributed by atoms with Gasteiger partial charge in [-0.25, -0.2) is 0 Å². The zero-order valence-corrected chi connectivity index (χ0v) is 19.8. The molecule has 0 N–H and O–H groups in total. The molecule has 2 aromatic carbocycles. The number of unbranched alkanes of at least 4 members (excludes halogenated alkanes) is 2. The number of hydrogen-bond donors (Lipinski definition) is 0. The fourth-order valence-electron chi connectivity index (χ4n) is 4.75. The van der Waals surface area contributed by atoms with E-state index in [1.807, 2.05) is 43.3 Å². The lowest BCUT2D eigenvalue weighted by Crippen LogP contribution is -2.47. The molecule has 0 spiro atoms. The number of aromatic nitrogens is 1. The molecule has 0 radical (unpaired) electrons. The van der Waals surface area contributed by atoms with Crippen LogP contribution in [0, 0.1) is 18.3 Å². The summed E-state index contributed by atoms with van der Waals surface area (Å²) in [5.41, 5.74) is 5.26. The summed E-state index contributed by atoms with van der Waals surface area (Å²) in [6.07, 6.45) is 4.90. The van der Waals surface area contributed by atoms with Crippen molar-refractivity contribution >= 4 is 0 Å². The summed E-state index contributed by atoms with van der Waals surface area (Å²) < 4.78 is 5.58. The molecule has 0 saturated carbocycles. The minimum Gasteiger partial charge on any atom is -0.356 e. The molecule has 1 aliphatic rings. The van der Waals surface area contributed by atoms with E-state index in [1.54, 1.807) is 0 Å². The van der Waals surface area contributed by atoms with Crippen LogP contribution in [-0.4, -0.2) is 41.1 Å². The first-order valence-corrected chi connectivity index (χ1v) is 12.2. The van der Waals surface area contributed by atoms with Crippen molar-refractivity contribution in [1.29, 1.82) is 5.26 Å². The second-order valence-electron chi connectivity index (χ2n) is 9.06. The van der Waals surface area contributed by atoms with Crippen LogP contribution in [0.3, 0.4) is 0 Å². The van der Waals surface area contributed by atoms with E-state index in [4.69, 9.17) is 4.52 Å². The molecule has 1 fully saturated rings. The normalized spacial score (nSPS) is 15.9.